The first kappa shape index (κ1) is 25.9. The minimum absolute atomic E-state index is 0.0622. The van der Waals surface area contributed by atoms with Gasteiger partial charge in [0.1, 0.15) is 11.9 Å². The fourth-order valence-electron chi connectivity index (χ4n) is 4.79. The van der Waals surface area contributed by atoms with Crippen LogP contribution in [0.1, 0.15) is 48.8 Å². The van der Waals surface area contributed by atoms with E-state index in [0.717, 1.165) is 36.8 Å². The summed E-state index contributed by atoms with van der Waals surface area (Å²) in [5.41, 5.74) is 2.44. The van der Waals surface area contributed by atoms with Gasteiger partial charge in [0.05, 0.1) is 6.42 Å². The molecule has 0 radical (unpaired) electrons. The maximum atomic E-state index is 13.8. The van der Waals surface area contributed by atoms with Gasteiger partial charge in [-0.15, -0.1) is 0 Å². The second kappa shape index (κ2) is 12.7. The molecule has 3 aromatic carbocycles. The molecule has 0 spiro atoms. The molecule has 4 nitrogen and oxygen atoms in total. The number of nitrogens with zero attached hydrogens (tertiary/aromatic N) is 1. The van der Waals surface area contributed by atoms with E-state index in [9.17, 15) is 14.0 Å². The fourth-order valence-corrected chi connectivity index (χ4v) is 4.98. The third-order valence-corrected chi connectivity index (χ3v) is 7.16. The number of benzene rings is 3. The van der Waals surface area contributed by atoms with Crippen molar-refractivity contribution in [1.29, 1.82) is 0 Å². The molecule has 0 aliphatic heterocycles. The van der Waals surface area contributed by atoms with E-state index in [1.54, 1.807) is 23.1 Å². The van der Waals surface area contributed by atoms with Crippen LogP contribution in [0.15, 0.2) is 78.9 Å². The molecular formula is C30H32ClFN2O2. The highest BCUT2D eigenvalue weighted by atomic mass is 35.5. The van der Waals surface area contributed by atoms with Crippen LogP contribution in [-0.4, -0.2) is 28.8 Å². The van der Waals surface area contributed by atoms with Crippen molar-refractivity contribution in [1.82, 2.24) is 10.2 Å². The molecule has 1 aliphatic carbocycles. The molecule has 1 N–H and O–H groups in total. The summed E-state index contributed by atoms with van der Waals surface area (Å²) in [5, 5.41) is 3.78. The Morgan fingerprint density at radius 1 is 0.889 bits per heavy atom. The monoisotopic (exact) mass is 506 g/mol. The molecule has 1 atom stereocenters. The average Bonchev–Trinajstić information content (AvgIpc) is 2.89. The Hall–Kier alpha value is -3.18. The second-order valence-electron chi connectivity index (χ2n) is 9.47. The van der Waals surface area contributed by atoms with E-state index in [1.807, 2.05) is 48.5 Å². The van der Waals surface area contributed by atoms with E-state index in [4.69, 9.17) is 11.6 Å². The standard InChI is InChI=1S/C30H32ClFN2O2/c31-27-14-8-7-11-24(27)21-34(29(35)20-23-15-17-25(32)18-16-23)28(19-22-9-3-1-4-10-22)30(36)33-26-12-5-2-6-13-26/h1,3-4,7-11,14-18,26,28H,2,5-6,12-13,19-21H2,(H,33,36)/t28-/m0/s1. The summed E-state index contributed by atoms with van der Waals surface area (Å²) in [6.45, 7) is 0.204. The Kier molecular flexibility index (Phi) is 9.12. The van der Waals surface area contributed by atoms with Gasteiger partial charge >= 0.3 is 0 Å². The number of hydrogen-bond donors (Lipinski definition) is 1. The maximum Gasteiger partial charge on any atom is 0.243 e. The van der Waals surface area contributed by atoms with Crippen LogP contribution < -0.4 is 5.32 Å². The molecule has 36 heavy (non-hydrogen) atoms. The molecule has 2 amide bonds. The van der Waals surface area contributed by atoms with Crippen LogP contribution >= 0.6 is 11.6 Å². The first-order valence-corrected chi connectivity index (χ1v) is 13.0. The van der Waals surface area contributed by atoms with Crippen LogP contribution in [-0.2, 0) is 29.0 Å². The lowest BCUT2D eigenvalue weighted by molar-refractivity contribution is -0.141. The molecule has 0 aromatic heterocycles. The Labute approximate surface area is 217 Å². The van der Waals surface area contributed by atoms with Crippen molar-refractivity contribution in [3.05, 3.63) is 106 Å². The van der Waals surface area contributed by atoms with Gasteiger partial charge in [0, 0.05) is 24.0 Å². The van der Waals surface area contributed by atoms with Gasteiger partial charge in [-0.3, -0.25) is 9.59 Å². The van der Waals surface area contributed by atoms with E-state index in [-0.39, 0.29) is 36.6 Å². The molecule has 1 saturated carbocycles. The molecular weight excluding hydrogens is 475 g/mol. The third kappa shape index (κ3) is 7.17. The molecule has 1 aliphatic rings. The molecule has 0 heterocycles. The lowest BCUT2D eigenvalue weighted by atomic mass is 9.94. The topological polar surface area (TPSA) is 49.4 Å². The molecule has 3 aromatic rings. The van der Waals surface area contributed by atoms with Crippen LogP contribution in [0.4, 0.5) is 4.39 Å². The van der Waals surface area contributed by atoms with Gasteiger partial charge in [-0.1, -0.05) is 91.5 Å². The van der Waals surface area contributed by atoms with Crippen molar-refractivity contribution < 1.29 is 14.0 Å². The predicted molar refractivity (Wildman–Crippen MR) is 141 cm³/mol. The first-order chi connectivity index (χ1) is 17.5. The summed E-state index contributed by atoms with van der Waals surface area (Å²) >= 11 is 6.47. The minimum Gasteiger partial charge on any atom is -0.352 e. The Morgan fingerprint density at radius 3 is 2.25 bits per heavy atom. The van der Waals surface area contributed by atoms with Gasteiger partial charge in [-0.25, -0.2) is 4.39 Å². The number of carbonyl (C=O) groups is 2. The summed E-state index contributed by atoms with van der Waals surface area (Å²) < 4.78 is 13.5. The molecule has 188 valence electrons. The second-order valence-corrected chi connectivity index (χ2v) is 9.87. The SMILES string of the molecule is O=C(NC1CCCCC1)[C@H](Cc1ccccc1)N(Cc1ccccc1Cl)C(=O)Cc1ccc(F)cc1. The zero-order valence-electron chi connectivity index (χ0n) is 20.3. The highest BCUT2D eigenvalue weighted by molar-refractivity contribution is 6.31. The van der Waals surface area contributed by atoms with Crippen molar-refractivity contribution in [3.63, 3.8) is 0 Å². The van der Waals surface area contributed by atoms with Crippen LogP contribution in [0, 0.1) is 5.82 Å². The summed E-state index contributed by atoms with van der Waals surface area (Å²) in [4.78, 5) is 29.1. The van der Waals surface area contributed by atoms with Crippen molar-refractivity contribution in [2.75, 3.05) is 0 Å². The summed E-state index contributed by atoms with van der Waals surface area (Å²) in [7, 11) is 0. The van der Waals surface area contributed by atoms with Crippen LogP contribution in [0.3, 0.4) is 0 Å². The van der Waals surface area contributed by atoms with Crippen molar-refractivity contribution in [2.24, 2.45) is 0 Å². The van der Waals surface area contributed by atoms with Crippen molar-refractivity contribution >= 4 is 23.4 Å². The van der Waals surface area contributed by atoms with Crippen LogP contribution in [0.2, 0.25) is 5.02 Å². The van der Waals surface area contributed by atoms with Gasteiger partial charge in [0.2, 0.25) is 11.8 Å². The van der Waals surface area contributed by atoms with Gasteiger partial charge < -0.3 is 10.2 Å². The Bertz CT molecular complexity index is 1150. The Morgan fingerprint density at radius 2 is 1.56 bits per heavy atom. The zero-order valence-corrected chi connectivity index (χ0v) is 21.1. The smallest absolute Gasteiger partial charge is 0.243 e. The molecule has 6 heteroatoms. The highest BCUT2D eigenvalue weighted by Gasteiger charge is 2.32. The van der Waals surface area contributed by atoms with Crippen molar-refractivity contribution in [2.45, 2.75) is 63.6 Å². The van der Waals surface area contributed by atoms with Gasteiger partial charge in [-0.2, -0.15) is 0 Å². The van der Waals surface area contributed by atoms with Gasteiger partial charge in [0.25, 0.3) is 0 Å². The lowest BCUT2D eigenvalue weighted by Gasteiger charge is -2.33. The van der Waals surface area contributed by atoms with E-state index < -0.39 is 6.04 Å². The first-order valence-electron chi connectivity index (χ1n) is 12.6. The molecule has 4 rings (SSSR count). The molecule has 0 unspecified atom stereocenters. The van der Waals surface area contributed by atoms with E-state index in [1.165, 1.54) is 18.6 Å². The van der Waals surface area contributed by atoms with Gasteiger partial charge in [0.15, 0.2) is 0 Å². The quantitative estimate of drug-likeness (QED) is 0.380. The van der Waals surface area contributed by atoms with E-state index in [2.05, 4.69) is 5.32 Å². The molecule has 0 bridgehead atoms. The van der Waals surface area contributed by atoms with Crippen molar-refractivity contribution in [3.8, 4) is 0 Å². The van der Waals surface area contributed by atoms with Crippen LogP contribution in [0.5, 0.6) is 0 Å². The van der Waals surface area contributed by atoms with E-state index >= 15 is 0 Å². The summed E-state index contributed by atoms with van der Waals surface area (Å²) in [6.07, 6.45) is 5.75. The van der Waals surface area contributed by atoms with Gasteiger partial charge in [-0.05, 0) is 47.7 Å². The number of nitrogens with one attached hydrogen (secondary N) is 1. The van der Waals surface area contributed by atoms with E-state index in [0.29, 0.717) is 17.0 Å². The maximum absolute atomic E-state index is 13.8. The minimum atomic E-state index is -0.710. The normalized spacial score (nSPS) is 14.7. The number of amides is 2. The number of rotatable bonds is 9. The largest absolute Gasteiger partial charge is 0.352 e. The molecule has 1 fully saturated rings. The fraction of sp³-hybridized carbons (Fsp3) is 0.333. The number of carbonyl (C=O) groups excluding carboxylic acids is 2. The zero-order chi connectivity index (χ0) is 25.3. The number of halogens is 2. The van der Waals surface area contributed by atoms with Crippen LogP contribution in [0.25, 0.3) is 0 Å². The highest BCUT2D eigenvalue weighted by Crippen LogP contribution is 2.23. The average molecular weight is 507 g/mol. The third-order valence-electron chi connectivity index (χ3n) is 6.79. The number of hydrogen-bond acceptors (Lipinski definition) is 2. The summed E-state index contributed by atoms with van der Waals surface area (Å²) in [5.74, 6) is -0.709. The summed E-state index contributed by atoms with van der Waals surface area (Å²) in [6, 6.07) is 22.4. The molecule has 0 saturated heterocycles. The Balaban J connectivity index is 1.65. The predicted octanol–water partition coefficient (Wildman–Crippen LogP) is 6.11. The lowest BCUT2D eigenvalue weighted by Crippen LogP contribution is -2.53.